The van der Waals surface area contributed by atoms with Gasteiger partial charge in [-0.25, -0.2) is 0 Å². The maximum atomic E-state index is 12.5. The summed E-state index contributed by atoms with van der Waals surface area (Å²) in [6, 6.07) is 8.94. The SMILES string of the molecule is COc1cc(OC)cc(OCC(=O)Nc2ccc(C(F)(F)F)cc2)c1. The number of halogens is 3. The average molecular weight is 355 g/mol. The van der Waals surface area contributed by atoms with Crippen LogP contribution in [-0.2, 0) is 11.0 Å². The van der Waals surface area contributed by atoms with Crippen LogP contribution >= 0.6 is 0 Å². The van der Waals surface area contributed by atoms with Crippen LogP contribution < -0.4 is 19.5 Å². The summed E-state index contributed by atoms with van der Waals surface area (Å²) in [6.45, 7) is -0.322. The molecule has 134 valence electrons. The number of carbonyl (C=O) groups excluding carboxylic acids is 1. The largest absolute Gasteiger partial charge is 0.496 e. The lowest BCUT2D eigenvalue weighted by atomic mass is 10.2. The molecule has 0 radical (unpaired) electrons. The lowest BCUT2D eigenvalue weighted by Gasteiger charge is -2.11. The van der Waals surface area contributed by atoms with Gasteiger partial charge in [0.1, 0.15) is 17.2 Å². The van der Waals surface area contributed by atoms with Crippen LogP contribution in [0.5, 0.6) is 17.2 Å². The summed E-state index contributed by atoms with van der Waals surface area (Å²) in [5.41, 5.74) is -0.546. The van der Waals surface area contributed by atoms with E-state index in [1.54, 1.807) is 18.2 Å². The molecule has 1 amide bonds. The molecule has 8 heteroatoms. The second-order valence-electron chi connectivity index (χ2n) is 4.96. The molecule has 0 aliphatic rings. The summed E-state index contributed by atoms with van der Waals surface area (Å²) in [7, 11) is 2.96. The number of hydrogen-bond acceptors (Lipinski definition) is 4. The highest BCUT2D eigenvalue weighted by molar-refractivity contribution is 5.91. The van der Waals surface area contributed by atoms with Crippen molar-refractivity contribution in [2.75, 3.05) is 26.1 Å². The normalized spacial score (nSPS) is 10.9. The van der Waals surface area contributed by atoms with E-state index >= 15 is 0 Å². The van der Waals surface area contributed by atoms with Crippen LogP contribution in [0.4, 0.5) is 18.9 Å². The Kier molecular flexibility index (Phi) is 5.74. The molecule has 5 nitrogen and oxygen atoms in total. The summed E-state index contributed by atoms with van der Waals surface area (Å²) in [5, 5.41) is 2.45. The second kappa shape index (κ2) is 7.78. The molecule has 25 heavy (non-hydrogen) atoms. The van der Waals surface area contributed by atoms with E-state index in [9.17, 15) is 18.0 Å². The van der Waals surface area contributed by atoms with Crippen molar-refractivity contribution in [1.82, 2.24) is 0 Å². The van der Waals surface area contributed by atoms with Gasteiger partial charge in [0.25, 0.3) is 5.91 Å². The summed E-state index contributed by atoms with van der Waals surface area (Å²) in [6.07, 6.45) is -4.42. The van der Waals surface area contributed by atoms with Gasteiger partial charge >= 0.3 is 6.18 Å². The number of methoxy groups -OCH3 is 2. The molecule has 0 aliphatic carbocycles. The number of alkyl halides is 3. The molecular weight excluding hydrogens is 339 g/mol. The van der Waals surface area contributed by atoms with E-state index in [2.05, 4.69) is 5.32 Å². The van der Waals surface area contributed by atoms with Gasteiger partial charge in [-0.3, -0.25) is 4.79 Å². The van der Waals surface area contributed by atoms with Gasteiger partial charge in [0.15, 0.2) is 6.61 Å². The number of nitrogens with one attached hydrogen (secondary N) is 1. The predicted octanol–water partition coefficient (Wildman–Crippen LogP) is 3.74. The quantitative estimate of drug-likeness (QED) is 0.858. The zero-order chi connectivity index (χ0) is 18.4. The lowest BCUT2D eigenvalue weighted by Crippen LogP contribution is -2.20. The third-order valence-corrected chi connectivity index (χ3v) is 3.19. The smallest absolute Gasteiger partial charge is 0.416 e. The van der Waals surface area contributed by atoms with Gasteiger partial charge in [0.05, 0.1) is 19.8 Å². The molecule has 2 rings (SSSR count). The number of anilines is 1. The van der Waals surface area contributed by atoms with Crippen molar-refractivity contribution < 1.29 is 32.2 Å². The molecule has 0 unspecified atom stereocenters. The minimum Gasteiger partial charge on any atom is -0.496 e. The first-order chi connectivity index (χ1) is 11.8. The number of ether oxygens (including phenoxy) is 3. The van der Waals surface area contributed by atoms with Gasteiger partial charge in [-0.1, -0.05) is 0 Å². The topological polar surface area (TPSA) is 56.8 Å². The monoisotopic (exact) mass is 355 g/mol. The molecule has 0 atom stereocenters. The van der Waals surface area contributed by atoms with Crippen LogP contribution in [0, 0.1) is 0 Å². The standard InChI is InChI=1S/C17H16F3NO4/c1-23-13-7-14(24-2)9-15(8-13)25-10-16(22)21-12-5-3-11(4-6-12)17(18,19)20/h3-9H,10H2,1-2H3,(H,21,22). The van der Waals surface area contributed by atoms with E-state index in [-0.39, 0.29) is 12.3 Å². The van der Waals surface area contributed by atoms with Crippen molar-refractivity contribution in [3.63, 3.8) is 0 Å². The van der Waals surface area contributed by atoms with E-state index < -0.39 is 17.6 Å². The first-order valence-corrected chi connectivity index (χ1v) is 7.15. The van der Waals surface area contributed by atoms with Gasteiger partial charge in [-0.15, -0.1) is 0 Å². The number of benzene rings is 2. The molecule has 2 aromatic carbocycles. The molecule has 0 spiro atoms. The molecular formula is C17H16F3NO4. The molecule has 0 aliphatic heterocycles. The Balaban J connectivity index is 1.95. The first-order valence-electron chi connectivity index (χ1n) is 7.15. The van der Waals surface area contributed by atoms with Gasteiger partial charge in [0.2, 0.25) is 0 Å². The van der Waals surface area contributed by atoms with E-state index in [1.165, 1.54) is 26.4 Å². The van der Waals surface area contributed by atoms with E-state index in [0.29, 0.717) is 17.2 Å². The van der Waals surface area contributed by atoms with Crippen molar-refractivity contribution in [3.05, 3.63) is 48.0 Å². The summed E-state index contributed by atoms with van der Waals surface area (Å²) in [5.74, 6) is 0.843. The molecule has 0 heterocycles. The van der Waals surface area contributed by atoms with E-state index in [4.69, 9.17) is 14.2 Å². The summed E-state index contributed by atoms with van der Waals surface area (Å²) in [4.78, 5) is 11.9. The van der Waals surface area contributed by atoms with Crippen molar-refractivity contribution >= 4 is 11.6 Å². The molecule has 0 saturated carbocycles. The molecule has 1 N–H and O–H groups in total. The third kappa shape index (κ3) is 5.30. The Labute approximate surface area is 142 Å². The van der Waals surface area contributed by atoms with Gasteiger partial charge in [-0.2, -0.15) is 13.2 Å². The van der Waals surface area contributed by atoms with E-state index in [1.807, 2.05) is 0 Å². The van der Waals surface area contributed by atoms with Crippen LogP contribution in [0.1, 0.15) is 5.56 Å². The maximum absolute atomic E-state index is 12.5. The lowest BCUT2D eigenvalue weighted by molar-refractivity contribution is -0.137. The molecule has 0 saturated heterocycles. The molecule has 2 aromatic rings. The van der Waals surface area contributed by atoms with Gasteiger partial charge < -0.3 is 19.5 Å². The van der Waals surface area contributed by atoms with Crippen LogP contribution in [-0.4, -0.2) is 26.7 Å². The maximum Gasteiger partial charge on any atom is 0.416 e. The van der Waals surface area contributed by atoms with Crippen molar-refractivity contribution in [2.24, 2.45) is 0 Å². The van der Waals surface area contributed by atoms with Gasteiger partial charge in [-0.05, 0) is 24.3 Å². The third-order valence-electron chi connectivity index (χ3n) is 3.19. The average Bonchev–Trinajstić information content (AvgIpc) is 2.59. The highest BCUT2D eigenvalue weighted by atomic mass is 19.4. The number of rotatable bonds is 6. The van der Waals surface area contributed by atoms with Crippen molar-refractivity contribution in [3.8, 4) is 17.2 Å². The minimum atomic E-state index is -4.42. The van der Waals surface area contributed by atoms with Gasteiger partial charge in [0, 0.05) is 23.9 Å². The highest BCUT2D eigenvalue weighted by Crippen LogP contribution is 2.30. The Morgan fingerprint density at radius 2 is 1.48 bits per heavy atom. The molecule has 0 bridgehead atoms. The predicted molar refractivity (Wildman–Crippen MR) is 85.1 cm³/mol. The van der Waals surface area contributed by atoms with E-state index in [0.717, 1.165) is 12.1 Å². The zero-order valence-corrected chi connectivity index (χ0v) is 13.5. The Morgan fingerprint density at radius 3 is 1.96 bits per heavy atom. The zero-order valence-electron chi connectivity index (χ0n) is 13.5. The van der Waals surface area contributed by atoms with Crippen LogP contribution in [0.15, 0.2) is 42.5 Å². The number of carbonyl (C=O) groups is 1. The number of hydrogen-bond donors (Lipinski definition) is 1. The fourth-order valence-electron chi connectivity index (χ4n) is 1.95. The molecule has 0 fully saturated rings. The Hall–Kier alpha value is -2.90. The summed E-state index contributed by atoms with van der Waals surface area (Å²) < 4.78 is 53.0. The summed E-state index contributed by atoms with van der Waals surface area (Å²) >= 11 is 0. The highest BCUT2D eigenvalue weighted by Gasteiger charge is 2.29. The van der Waals surface area contributed by atoms with Crippen molar-refractivity contribution in [1.29, 1.82) is 0 Å². The fraction of sp³-hybridized carbons (Fsp3) is 0.235. The first kappa shape index (κ1) is 18.4. The van der Waals surface area contributed by atoms with Crippen LogP contribution in [0.25, 0.3) is 0 Å². The van der Waals surface area contributed by atoms with Crippen LogP contribution in [0.2, 0.25) is 0 Å². The fourth-order valence-corrected chi connectivity index (χ4v) is 1.95. The molecule has 0 aromatic heterocycles. The Bertz CT molecular complexity index is 707. The Morgan fingerprint density at radius 1 is 0.960 bits per heavy atom. The second-order valence-corrected chi connectivity index (χ2v) is 4.96. The minimum absolute atomic E-state index is 0.241. The van der Waals surface area contributed by atoms with Crippen molar-refractivity contribution in [2.45, 2.75) is 6.18 Å². The van der Waals surface area contributed by atoms with Crippen LogP contribution in [0.3, 0.4) is 0 Å². The number of amides is 1.